The van der Waals surface area contributed by atoms with Crippen LogP contribution in [-0.2, 0) is 10.9 Å². The van der Waals surface area contributed by atoms with Crippen molar-refractivity contribution in [1.29, 1.82) is 0 Å². The zero-order chi connectivity index (χ0) is 15.2. The molecule has 0 unspecified atom stereocenters. The molecule has 0 fully saturated rings. The topological polar surface area (TPSA) is 55.8 Å². The Bertz CT molecular complexity index is 457. The van der Waals surface area contributed by atoms with Crippen molar-refractivity contribution in [1.82, 2.24) is 0 Å². The van der Waals surface area contributed by atoms with Crippen molar-refractivity contribution in [2.24, 2.45) is 0 Å². The molecule has 0 spiro atoms. The van der Waals surface area contributed by atoms with Crippen LogP contribution in [0.15, 0.2) is 18.2 Å². The van der Waals surface area contributed by atoms with Crippen LogP contribution in [-0.4, -0.2) is 30.9 Å². The van der Waals surface area contributed by atoms with Crippen molar-refractivity contribution in [2.45, 2.75) is 19.5 Å². The van der Waals surface area contributed by atoms with E-state index in [1.165, 1.54) is 0 Å². The average molecular weight is 292 g/mol. The summed E-state index contributed by atoms with van der Waals surface area (Å²) in [4.78, 5) is 10.7. The van der Waals surface area contributed by atoms with Crippen LogP contribution in [0.5, 0.6) is 5.75 Å². The molecule has 7 heteroatoms. The summed E-state index contributed by atoms with van der Waals surface area (Å²) in [5.41, 5.74) is -1.54. The molecule has 0 atom stereocenters. The number of aromatic carboxylic acids is 1. The van der Waals surface area contributed by atoms with Crippen molar-refractivity contribution in [3.8, 4) is 5.75 Å². The van der Waals surface area contributed by atoms with Crippen LogP contribution in [0.2, 0.25) is 0 Å². The SMILES string of the molecule is CCCOCCOc1ccc(C(=O)O)cc1C(F)(F)F. The van der Waals surface area contributed by atoms with Crippen LogP contribution in [0, 0.1) is 0 Å². The largest absolute Gasteiger partial charge is 0.491 e. The maximum absolute atomic E-state index is 12.8. The Morgan fingerprint density at radius 3 is 2.50 bits per heavy atom. The molecule has 0 aliphatic heterocycles. The summed E-state index contributed by atoms with van der Waals surface area (Å²) < 4.78 is 48.6. The molecule has 1 aromatic rings. The second-order valence-electron chi connectivity index (χ2n) is 3.97. The van der Waals surface area contributed by atoms with Crippen LogP contribution in [0.3, 0.4) is 0 Å². The van der Waals surface area contributed by atoms with Gasteiger partial charge in [0, 0.05) is 6.61 Å². The van der Waals surface area contributed by atoms with E-state index in [1.807, 2.05) is 6.92 Å². The van der Waals surface area contributed by atoms with Crippen molar-refractivity contribution in [3.63, 3.8) is 0 Å². The highest BCUT2D eigenvalue weighted by atomic mass is 19.4. The highest BCUT2D eigenvalue weighted by Crippen LogP contribution is 2.36. The molecule has 0 bridgehead atoms. The third-order valence-corrected chi connectivity index (χ3v) is 2.37. The molecule has 0 amide bonds. The lowest BCUT2D eigenvalue weighted by atomic mass is 10.1. The summed E-state index contributed by atoms with van der Waals surface area (Å²) in [5, 5.41) is 8.71. The van der Waals surface area contributed by atoms with Crippen molar-refractivity contribution in [3.05, 3.63) is 29.3 Å². The van der Waals surface area contributed by atoms with E-state index < -0.39 is 29.0 Å². The highest BCUT2D eigenvalue weighted by Gasteiger charge is 2.35. The Labute approximate surface area is 114 Å². The average Bonchev–Trinajstić information content (AvgIpc) is 2.37. The van der Waals surface area contributed by atoms with E-state index in [0.717, 1.165) is 18.6 Å². The van der Waals surface area contributed by atoms with Crippen LogP contribution in [0.25, 0.3) is 0 Å². The van der Waals surface area contributed by atoms with Crippen LogP contribution < -0.4 is 4.74 Å². The van der Waals surface area contributed by atoms with Gasteiger partial charge in [-0.15, -0.1) is 0 Å². The zero-order valence-electron chi connectivity index (χ0n) is 10.9. The number of hydrogen-bond acceptors (Lipinski definition) is 3. The van der Waals surface area contributed by atoms with Gasteiger partial charge in [0.1, 0.15) is 12.4 Å². The molecular weight excluding hydrogens is 277 g/mol. The molecule has 0 aliphatic rings. The Kier molecular flexibility index (Phi) is 5.82. The van der Waals surface area contributed by atoms with E-state index in [9.17, 15) is 18.0 Å². The zero-order valence-corrected chi connectivity index (χ0v) is 10.9. The lowest BCUT2D eigenvalue weighted by Crippen LogP contribution is -2.13. The summed E-state index contributed by atoms with van der Waals surface area (Å²) >= 11 is 0. The predicted molar refractivity (Wildman–Crippen MR) is 65.0 cm³/mol. The lowest BCUT2D eigenvalue weighted by molar-refractivity contribution is -0.139. The van der Waals surface area contributed by atoms with Crippen molar-refractivity contribution >= 4 is 5.97 Å². The van der Waals surface area contributed by atoms with Gasteiger partial charge in [-0.05, 0) is 24.6 Å². The van der Waals surface area contributed by atoms with Gasteiger partial charge in [0.25, 0.3) is 0 Å². The fourth-order valence-electron chi connectivity index (χ4n) is 1.47. The molecule has 0 saturated carbocycles. The number of carbonyl (C=O) groups is 1. The van der Waals surface area contributed by atoms with Gasteiger partial charge in [0.05, 0.1) is 17.7 Å². The summed E-state index contributed by atoms with van der Waals surface area (Å²) in [6, 6.07) is 2.64. The number of hydrogen-bond donors (Lipinski definition) is 1. The standard InChI is InChI=1S/C13H15F3O4/c1-2-5-19-6-7-20-11-4-3-9(12(17)18)8-10(11)13(14,15)16/h3-4,8H,2,5-7H2,1H3,(H,17,18). The molecule has 1 rings (SSSR count). The third kappa shape index (κ3) is 4.73. The van der Waals surface area contributed by atoms with E-state index in [0.29, 0.717) is 12.7 Å². The normalized spacial score (nSPS) is 11.4. The van der Waals surface area contributed by atoms with Gasteiger partial charge in [0.15, 0.2) is 0 Å². The van der Waals surface area contributed by atoms with Gasteiger partial charge in [0.2, 0.25) is 0 Å². The van der Waals surface area contributed by atoms with Gasteiger partial charge in [-0.2, -0.15) is 13.2 Å². The van der Waals surface area contributed by atoms with E-state index in [-0.39, 0.29) is 13.2 Å². The first-order chi connectivity index (χ1) is 9.36. The van der Waals surface area contributed by atoms with Gasteiger partial charge in [-0.3, -0.25) is 0 Å². The first-order valence-electron chi connectivity index (χ1n) is 6.01. The summed E-state index contributed by atoms with van der Waals surface area (Å²) in [6.07, 6.45) is -3.87. The van der Waals surface area contributed by atoms with Gasteiger partial charge >= 0.3 is 12.1 Å². The van der Waals surface area contributed by atoms with E-state index >= 15 is 0 Å². The first-order valence-corrected chi connectivity index (χ1v) is 6.01. The van der Waals surface area contributed by atoms with E-state index in [4.69, 9.17) is 14.6 Å². The third-order valence-electron chi connectivity index (χ3n) is 2.37. The van der Waals surface area contributed by atoms with E-state index in [2.05, 4.69) is 0 Å². The lowest BCUT2D eigenvalue weighted by Gasteiger charge is -2.14. The fraction of sp³-hybridized carbons (Fsp3) is 0.462. The molecule has 0 saturated heterocycles. The molecule has 0 radical (unpaired) electrons. The maximum atomic E-state index is 12.8. The molecule has 0 aliphatic carbocycles. The fourth-order valence-corrected chi connectivity index (χ4v) is 1.47. The monoisotopic (exact) mass is 292 g/mol. The Hall–Kier alpha value is -1.76. The smallest absolute Gasteiger partial charge is 0.419 e. The van der Waals surface area contributed by atoms with Crippen LogP contribution in [0.1, 0.15) is 29.3 Å². The maximum Gasteiger partial charge on any atom is 0.419 e. The van der Waals surface area contributed by atoms with Gasteiger partial charge in [-0.1, -0.05) is 6.92 Å². The number of rotatable bonds is 7. The van der Waals surface area contributed by atoms with Crippen LogP contribution >= 0.6 is 0 Å². The quantitative estimate of drug-likeness (QED) is 0.784. The number of carboxylic acids is 1. The number of halogens is 3. The Balaban J connectivity index is 2.81. The molecule has 20 heavy (non-hydrogen) atoms. The highest BCUT2D eigenvalue weighted by molar-refractivity contribution is 5.88. The molecule has 0 aromatic heterocycles. The number of ether oxygens (including phenoxy) is 2. The molecule has 4 nitrogen and oxygen atoms in total. The van der Waals surface area contributed by atoms with Gasteiger partial charge < -0.3 is 14.6 Å². The summed E-state index contributed by atoms with van der Waals surface area (Å²) in [7, 11) is 0. The summed E-state index contributed by atoms with van der Waals surface area (Å²) in [6.45, 7) is 2.56. The Morgan fingerprint density at radius 2 is 1.95 bits per heavy atom. The molecule has 0 heterocycles. The minimum Gasteiger partial charge on any atom is -0.491 e. The van der Waals surface area contributed by atoms with Gasteiger partial charge in [-0.25, -0.2) is 4.79 Å². The number of carboxylic acid groups (broad SMARTS) is 1. The first kappa shape index (κ1) is 16.3. The number of alkyl halides is 3. The van der Waals surface area contributed by atoms with Crippen molar-refractivity contribution in [2.75, 3.05) is 19.8 Å². The summed E-state index contributed by atoms with van der Waals surface area (Å²) in [5.74, 6) is -1.82. The molecular formula is C13H15F3O4. The van der Waals surface area contributed by atoms with Crippen molar-refractivity contribution < 1.29 is 32.5 Å². The minimum atomic E-state index is -4.68. The molecule has 112 valence electrons. The van der Waals surface area contributed by atoms with E-state index in [1.54, 1.807) is 0 Å². The van der Waals surface area contributed by atoms with Crippen LogP contribution in [0.4, 0.5) is 13.2 Å². The second kappa shape index (κ2) is 7.14. The predicted octanol–water partition coefficient (Wildman–Crippen LogP) is 3.21. The Morgan fingerprint density at radius 1 is 1.25 bits per heavy atom. The second-order valence-corrected chi connectivity index (χ2v) is 3.97. The number of benzene rings is 1. The molecule has 1 N–H and O–H groups in total. The molecule has 1 aromatic carbocycles. The minimum absolute atomic E-state index is 0.0322.